The maximum Gasteiger partial charge on any atom is 0.140 e. The van der Waals surface area contributed by atoms with Gasteiger partial charge in [-0.15, -0.1) is 12.3 Å². The Bertz CT molecular complexity index is 372. The third-order valence-electron chi connectivity index (χ3n) is 3.00. The molecule has 0 spiro atoms. The molecule has 1 atom stereocenters. The Labute approximate surface area is 112 Å². The van der Waals surface area contributed by atoms with Crippen LogP contribution in [0.5, 0.6) is 0 Å². The molecule has 1 aromatic rings. The molecule has 1 rings (SSSR count). The maximum absolute atomic E-state index is 11.9. The number of carbonyl (C=O) groups excluding carboxylic acids is 1. The summed E-state index contributed by atoms with van der Waals surface area (Å²) in [4.78, 5) is 11.9. The number of carbonyl (C=O) groups is 1. The highest BCUT2D eigenvalue weighted by atomic mass is 16.1. The minimum absolute atomic E-state index is 0. The largest absolute Gasteiger partial charge is 0.299 e. The fraction of sp³-hybridized carbons (Fsp3) is 0.471. The molecule has 1 nitrogen and oxygen atoms in total. The van der Waals surface area contributed by atoms with E-state index in [2.05, 4.69) is 5.92 Å². The van der Waals surface area contributed by atoms with Gasteiger partial charge in [-0.3, -0.25) is 4.79 Å². The van der Waals surface area contributed by atoms with Crippen LogP contribution < -0.4 is 0 Å². The van der Waals surface area contributed by atoms with Gasteiger partial charge in [-0.1, -0.05) is 51.1 Å². The van der Waals surface area contributed by atoms with Gasteiger partial charge < -0.3 is 0 Å². The molecule has 0 N–H and O–H groups in total. The van der Waals surface area contributed by atoms with Crippen LogP contribution >= 0.6 is 0 Å². The highest BCUT2D eigenvalue weighted by Gasteiger charge is 2.17. The van der Waals surface area contributed by atoms with Gasteiger partial charge in [0.15, 0.2) is 0 Å². The highest BCUT2D eigenvalue weighted by molar-refractivity contribution is 5.85. The van der Waals surface area contributed by atoms with Gasteiger partial charge in [0.05, 0.1) is 0 Å². The van der Waals surface area contributed by atoms with E-state index in [-0.39, 0.29) is 13.3 Å². The second-order valence-corrected chi connectivity index (χ2v) is 4.23. The van der Waals surface area contributed by atoms with Crippen molar-refractivity contribution in [2.24, 2.45) is 0 Å². The predicted octanol–water partition coefficient (Wildman–Crippen LogP) is 4.58. The monoisotopic (exact) mass is 244 g/mol. The molecule has 18 heavy (non-hydrogen) atoms. The number of rotatable bonds is 7. The summed E-state index contributed by atoms with van der Waals surface area (Å²) in [6.45, 7) is 1.93. The Morgan fingerprint density at radius 1 is 1.28 bits per heavy atom. The molecule has 1 aromatic carbocycles. The fourth-order valence-corrected chi connectivity index (χ4v) is 2.02. The van der Waals surface area contributed by atoms with Crippen molar-refractivity contribution in [1.29, 1.82) is 0 Å². The van der Waals surface area contributed by atoms with Crippen molar-refractivity contribution >= 4 is 5.78 Å². The van der Waals surface area contributed by atoms with Crippen LogP contribution in [0.15, 0.2) is 30.3 Å². The first-order valence-electron chi connectivity index (χ1n) is 6.30. The van der Waals surface area contributed by atoms with E-state index < -0.39 is 0 Å². The lowest BCUT2D eigenvalue weighted by atomic mass is 9.88. The zero-order valence-corrected chi connectivity index (χ0v) is 10.5. The Hall–Kier alpha value is -1.55. The minimum atomic E-state index is 0. The number of Topliss-reactive ketones (excluding diaryl/α,β-unsaturated/α-hetero) is 1. The third kappa shape index (κ3) is 5.19. The minimum Gasteiger partial charge on any atom is -0.299 e. The zero-order valence-electron chi connectivity index (χ0n) is 10.5. The van der Waals surface area contributed by atoms with Crippen LogP contribution in [-0.2, 0) is 4.79 Å². The number of terminal acetylenes is 1. The van der Waals surface area contributed by atoms with Gasteiger partial charge in [0.2, 0.25) is 0 Å². The number of ketones is 1. The number of hydrogen-bond donors (Lipinski definition) is 0. The molecule has 1 unspecified atom stereocenters. The standard InChI is InChI=1S/C16H20O.CH4/c1-3-5-6-10-13-15(16(17)4-2)14-11-8-7-9-12-14;/h1,7-9,11-12,15H,4-6,10,13H2,2H3;1H4. The zero-order chi connectivity index (χ0) is 12.5. The first-order valence-corrected chi connectivity index (χ1v) is 6.30. The molecule has 1 heteroatoms. The Kier molecular flexibility index (Phi) is 8.66. The topological polar surface area (TPSA) is 17.1 Å². The average molecular weight is 244 g/mol. The van der Waals surface area contributed by atoms with Gasteiger partial charge in [-0.25, -0.2) is 0 Å². The molecule has 98 valence electrons. The van der Waals surface area contributed by atoms with Crippen molar-refractivity contribution < 1.29 is 4.79 Å². The van der Waals surface area contributed by atoms with E-state index >= 15 is 0 Å². The van der Waals surface area contributed by atoms with Gasteiger partial charge in [-0.2, -0.15) is 0 Å². The van der Waals surface area contributed by atoms with Crippen molar-refractivity contribution in [2.45, 2.75) is 52.4 Å². The van der Waals surface area contributed by atoms with E-state index in [9.17, 15) is 4.79 Å². The summed E-state index contributed by atoms with van der Waals surface area (Å²) in [5.74, 6) is 3.02. The van der Waals surface area contributed by atoms with Crippen molar-refractivity contribution in [1.82, 2.24) is 0 Å². The quantitative estimate of drug-likeness (QED) is 0.507. The van der Waals surface area contributed by atoms with Crippen LogP contribution in [0.25, 0.3) is 0 Å². The Morgan fingerprint density at radius 3 is 2.50 bits per heavy atom. The predicted molar refractivity (Wildman–Crippen MR) is 78.5 cm³/mol. The molecule has 0 aliphatic rings. The van der Waals surface area contributed by atoms with Gasteiger partial charge in [0.25, 0.3) is 0 Å². The van der Waals surface area contributed by atoms with Gasteiger partial charge in [-0.05, 0) is 18.4 Å². The molecule has 0 aliphatic carbocycles. The molecule has 0 radical (unpaired) electrons. The molecular weight excluding hydrogens is 220 g/mol. The Balaban J connectivity index is 0.00000289. The van der Waals surface area contributed by atoms with Crippen molar-refractivity contribution in [3.8, 4) is 12.3 Å². The second-order valence-electron chi connectivity index (χ2n) is 4.23. The summed E-state index contributed by atoms with van der Waals surface area (Å²) >= 11 is 0. The first-order chi connectivity index (χ1) is 8.29. The molecule has 0 saturated carbocycles. The molecule has 0 bridgehead atoms. The lowest BCUT2D eigenvalue weighted by molar-refractivity contribution is -0.120. The lowest BCUT2D eigenvalue weighted by Crippen LogP contribution is -2.11. The van der Waals surface area contributed by atoms with Crippen LogP contribution in [0, 0.1) is 12.3 Å². The maximum atomic E-state index is 11.9. The van der Waals surface area contributed by atoms with E-state index in [1.54, 1.807) is 0 Å². The van der Waals surface area contributed by atoms with E-state index in [4.69, 9.17) is 6.42 Å². The van der Waals surface area contributed by atoms with Crippen molar-refractivity contribution in [3.05, 3.63) is 35.9 Å². The molecule has 0 saturated heterocycles. The summed E-state index contributed by atoms with van der Waals surface area (Å²) in [6.07, 6.45) is 9.59. The molecule has 0 amide bonds. The smallest absolute Gasteiger partial charge is 0.140 e. The third-order valence-corrected chi connectivity index (χ3v) is 3.00. The molecular formula is C17H24O. The van der Waals surface area contributed by atoms with Crippen LogP contribution in [0.4, 0.5) is 0 Å². The Morgan fingerprint density at radius 2 is 1.94 bits per heavy atom. The summed E-state index contributed by atoms with van der Waals surface area (Å²) in [5.41, 5.74) is 1.14. The van der Waals surface area contributed by atoms with E-state index in [1.807, 2.05) is 37.3 Å². The first kappa shape index (κ1) is 16.4. The van der Waals surface area contributed by atoms with Crippen LogP contribution in [-0.4, -0.2) is 5.78 Å². The summed E-state index contributed by atoms with van der Waals surface area (Å²) in [6, 6.07) is 10.0. The van der Waals surface area contributed by atoms with E-state index in [0.29, 0.717) is 12.2 Å². The number of benzene rings is 1. The molecule has 0 aromatic heterocycles. The van der Waals surface area contributed by atoms with E-state index in [1.165, 1.54) is 0 Å². The molecule has 0 aliphatic heterocycles. The second kappa shape index (κ2) is 9.48. The van der Waals surface area contributed by atoms with Gasteiger partial charge in [0, 0.05) is 18.8 Å². The summed E-state index contributed by atoms with van der Waals surface area (Å²) < 4.78 is 0. The highest BCUT2D eigenvalue weighted by Crippen LogP contribution is 2.24. The van der Waals surface area contributed by atoms with Crippen molar-refractivity contribution in [2.75, 3.05) is 0 Å². The number of hydrogen-bond acceptors (Lipinski definition) is 1. The van der Waals surface area contributed by atoms with Gasteiger partial charge >= 0.3 is 0 Å². The molecule has 0 heterocycles. The van der Waals surface area contributed by atoms with E-state index in [0.717, 1.165) is 31.2 Å². The van der Waals surface area contributed by atoms with Gasteiger partial charge in [0.1, 0.15) is 5.78 Å². The van der Waals surface area contributed by atoms with Crippen molar-refractivity contribution in [3.63, 3.8) is 0 Å². The van der Waals surface area contributed by atoms with Crippen LogP contribution in [0.3, 0.4) is 0 Å². The van der Waals surface area contributed by atoms with Crippen LogP contribution in [0.1, 0.15) is 57.9 Å². The normalized spacial score (nSPS) is 11.1. The molecule has 0 fully saturated rings. The number of unbranched alkanes of at least 4 members (excludes halogenated alkanes) is 2. The summed E-state index contributed by atoms with van der Waals surface area (Å²) in [5, 5.41) is 0. The average Bonchev–Trinajstić information content (AvgIpc) is 2.39. The SMILES string of the molecule is C.C#CCCCCC(C(=O)CC)c1ccccc1. The fourth-order valence-electron chi connectivity index (χ4n) is 2.02. The lowest BCUT2D eigenvalue weighted by Gasteiger charge is -2.15. The summed E-state index contributed by atoms with van der Waals surface area (Å²) in [7, 11) is 0. The van der Waals surface area contributed by atoms with Crippen LogP contribution in [0.2, 0.25) is 0 Å².